The molecule has 0 heterocycles. The molecule has 20 heavy (non-hydrogen) atoms. The maximum atomic E-state index is 12.3. The molecule has 1 rings (SSSR count). The number of methoxy groups -OCH3 is 2. The number of Topliss-reactive ketones (excluding diaryl/α,β-unsaturated/α-hetero) is 1. The smallest absolute Gasteiger partial charge is 0.176 e. The maximum absolute atomic E-state index is 12.3. The van der Waals surface area contributed by atoms with E-state index in [2.05, 4.69) is 20.8 Å². The molecule has 1 aromatic carbocycles. The quantitative estimate of drug-likeness (QED) is 0.483. The van der Waals surface area contributed by atoms with Gasteiger partial charge in [-0.15, -0.1) is 0 Å². The highest BCUT2D eigenvalue weighted by Gasteiger charge is 2.12. The maximum Gasteiger partial charge on any atom is 0.176 e. The van der Waals surface area contributed by atoms with Crippen LogP contribution in [0.3, 0.4) is 0 Å². The number of halogens is 1. The van der Waals surface area contributed by atoms with Crippen molar-refractivity contribution in [2.45, 2.75) is 6.42 Å². The Morgan fingerprint density at radius 3 is 2.60 bits per heavy atom. The Hall–Kier alpha value is -0.750. The van der Waals surface area contributed by atoms with Crippen molar-refractivity contribution in [1.82, 2.24) is 4.90 Å². The van der Waals surface area contributed by atoms with Gasteiger partial charge < -0.3 is 9.47 Å². The van der Waals surface area contributed by atoms with E-state index >= 15 is 0 Å². The average Bonchev–Trinajstić information content (AvgIpc) is 2.44. The van der Waals surface area contributed by atoms with E-state index in [1.54, 1.807) is 14.2 Å². The van der Waals surface area contributed by atoms with E-state index in [-0.39, 0.29) is 5.78 Å². The van der Waals surface area contributed by atoms with Crippen LogP contribution in [0, 0.1) is 0 Å². The predicted molar refractivity (Wildman–Crippen MR) is 83.3 cm³/mol. The molecular formula is C15H22BrNO3. The van der Waals surface area contributed by atoms with E-state index in [1.807, 2.05) is 24.3 Å². The van der Waals surface area contributed by atoms with Crippen molar-refractivity contribution >= 4 is 21.7 Å². The minimum absolute atomic E-state index is 0.125. The topological polar surface area (TPSA) is 38.8 Å². The van der Waals surface area contributed by atoms with Crippen LogP contribution < -0.4 is 0 Å². The summed E-state index contributed by atoms with van der Waals surface area (Å²) in [4.78, 5) is 14.4. The van der Waals surface area contributed by atoms with Crippen molar-refractivity contribution in [1.29, 1.82) is 0 Å². The second-order valence-electron chi connectivity index (χ2n) is 4.55. The lowest BCUT2D eigenvalue weighted by Gasteiger charge is -2.21. The second kappa shape index (κ2) is 10.0. The Labute approximate surface area is 129 Å². The molecule has 0 aliphatic rings. The summed E-state index contributed by atoms with van der Waals surface area (Å²) in [5, 5.41) is 0. The second-order valence-corrected chi connectivity index (χ2v) is 5.46. The van der Waals surface area contributed by atoms with Gasteiger partial charge in [0.05, 0.1) is 13.2 Å². The molecule has 0 bridgehead atoms. The molecule has 0 radical (unpaired) electrons. The predicted octanol–water partition coefficient (Wildman–Crippen LogP) is 2.62. The summed E-state index contributed by atoms with van der Waals surface area (Å²) in [6.45, 7) is 3.31. The fraction of sp³-hybridized carbons (Fsp3) is 0.533. The summed E-state index contributed by atoms with van der Waals surface area (Å²) in [5.41, 5.74) is 0.730. The number of benzene rings is 1. The van der Waals surface area contributed by atoms with E-state index in [0.29, 0.717) is 19.8 Å². The van der Waals surface area contributed by atoms with Crippen molar-refractivity contribution in [3.05, 3.63) is 34.3 Å². The van der Waals surface area contributed by atoms with Crippen LogP contribution in [0.25, 0.3) is 0 Å². The standard InChI is InChI=1S/C15H22BrNO3/c1-19-9-4-7-17(8-10-20-2)12-15(18)13-5-3-6-14(16)11-13/h3,5-6,11H,4,7-10,12H2,1-2H3. The van der Waals surface area contributed by atoms with Crippen LogP contribution >= 0.6 is 15.9 Å². The van der Waals surface area contributed by atoms with Crippen LogP contribution in [-0.4, -0.2) is 57.8 Å². The Bertz CT molecular complexity index is 412. The third-order valence-corrected chi connectivity index (χ3v) is 3.44. The van der Waals surface area contributed by atoms with Gasteiger partial charge in [0.25, 0.3) is 0 Å². The highest BCUT2D eigenvalue weighted by molar-refractivity contribution is 9.10. The molecule has 0 fully saturated rings. The van der Waals surface area contributed by atoms with E-state index in [4.69, 9.17) is 9.47 Å². The van der Waals surface area contributed by atoms with Crippen LogP contribution in [0.2, 0.25) is 0 Å². The normalized spacial score (nSPS) is 11.0. The largest absolute Gasteiger partial charge is 0.385 e. The number of nitrogens with zero attached hydrogens (tertiary/aromatic N) is 1. The highest BCUT2D eigenvalue weighted by atomic mass is 79.9. The fourth-order valence-electron chi connectivity index (χ4n) is 1.88. The van der Waals surface area contributed by atoms with Gasteiger partial charge in [-0.1, -0.05) is 28.1 Å². The van der Waals surface area contributed by atoms with Gasteiger partial charge in [0, 0.05) is 44.0 Å². The van der Waals surface area contributed by atoms with Gasteiger partial charge in [-0.25, -0.2) is 0 Å². The Balaban J connectivity index is 2.55. The van der Waals surface area contributed by atoms with Gasteiger partial charge in [-0.3, -0.25) is 9.69 Å². The first-order valence-corrected chi connectivity index (χ1v) is 7.45. The van der Waals surface area contributed by atoms with Crippen LogP contribution in [0.15, 0.2) is 28.7 Å². The van der Waals surface area contributed by atoms with Gasteiger partial charge in [0.15, 0.2) is 5.78 Å². The highest BCUT2D eigenvalue weighted by Crippen LogP contribution is 2.12. The average molecular weight is 344 g/mol. The van der Waals surface area contributed by atoms with E-state index in [0.717, 1.165) is 29.5 Å². The van der Waals surface area contributed by atoms with Gasteiger partial charge in [0.2, 0.25) is 0 Å². The molecule has 0 saturated heterocycles. The minimum atomic E-state index is 0.125. The monoisotopic (exact) mass is 343 g/mol. The molecule has 112 valence electrons. The lowest BCUT2D eigenvalue weighted by Crippen LogP contribution is -2.34. The van der Waals surface area contributed by atoms with Crippen LogP contribution in [0.1, 0.15) is 16.8 Å². The molecule has 4 nitrogen and oxygen atoms in total. The number of carbonyl (C=O) groups excluding carboxylic acids is 1. The van der Waals surface area contributed by atoms with Crippen molar-refractivity contribution in [2.75, 3.05) is 47.1 Å². The summed E-state index contributed by atoms with van der Waals surface area (Å²) in [5.74, 6) is 0.125. The zero-order chi connectivity index (χ0) is 14.8. The number of ketones is 1. The lowest BCUT2D eigenvalue weighted by atomic mass is 10.1. The van der Waals surface area contributed by atoms with Gasteiger partial charge in [-0.05, 0) is 18.6 Å². The zero-order valence-corrected chi connectivity index (χ0v) is 13.7. The first-order chi connectivity index (χ1) is 9.67. The van der Waals surface area contributed by atoms with Crippen molar-refractivity contribution in [3.63, 3.8) is 0 Å². The summed E-state index contributed by atoms with van der Waals surface area (Å²) in [6, 6.07) is 7.49. The summed E-state index contributed by atoms with van der Waals surface area (Å²) in [7, 11) is 3.36. The van der Waals surface area contributed by atoms with Crippen LogP contribution in [-0.2, 0) is 9.47 Å². The molecule has 0 spiro atoms. The number of hydrogen-bond acceptors (Lipinski definition) is 4. The fourth-order valence-corrected chi connectivity index (χ4v) is 2.28. The molecule has 0 saturated carbocycles. The van der Waals surface area contributed by atoms with Crippen molar-refractivity contribution in [2.24, 2.45) is 0 Å². The lowest BCUT2D eigenvalue weighted by molar-refractivity contribution is 0.0877. The summed E-state index contributed by atoms with van der Waals surface area (Å²) < 4.78 is 11.1. The number of rotatable bonds is 10. The third-order valence-electron chi connectivity index (χ3n) is 2.95. The molecule has 0 N–H and O–H groups in total. The van der Waals surface area contributed by atoms with Crippen LogP contribution in [0.4, 0.5) is 0 Å². The molecule has 0 aromatic heterocycles. The number of carbonyl (C=O) groups is 1. The molecule has 0 aliphatic carbocycles. The zero-order valence-electron chi connectivity index (χ0n) is 12.1. The van der Waals surface area contributed by atoms with Crippen LogP contribution in [0.5, 0.6) is 0 Å². The summed E-state index contributed by atoms with van der Waals surface area (Å²) in [6.07, 6.45) is 0.909. The third kappa shape index (κ3) is 6.61. The van der Waals surface area contributed by atoms with E-state index < -0.39 is 0 Å². The Kier molecular flexibility index (Phi) is 8.69. The Morgan fingerprint density at radius 2 is 1.95 bits per heavy atom. The van der Waals surface area contributed by atoms with Crippen molar-refractivity contribution < 1.29 is 14.3 Å². The van der Waals surface area contributed by atoms with Gasteiger partial charge in [0.1, 0.15) is 0 Å². The molecular weight excluding hydrogens is 322 g/mol. The molecule has 0 unspecified atom stereocenters. The van der Waals surface area contributed by atoms with E-state index in [9.17, 15) is 4.79 Å². The first kappa shape index (κ1) is 17.3. The number of hydrogen-bond donors (Lipinski definition) is 0. The first-order valence-electron chi connectivity index (χ1n) is 6.66. The molecule has 0 amide bonds. The SMILES string of the molecule is COCCCN(CCOC)CC(=O)c1cccc(Br)c1. The number of ether oxygens (including phenoxy) is 2. The van der Waals surface area contributed by atoms with Crippen molar-refractivity contribution in [3.8, 4) is 0 Å². The summed E-state index contributed by atoms with van der Waals surface area (Å²) >= 11 is 3.39. The molecule has 1 aromatic rings. The molecule has 5 heteroatoms. The van der Waals surface area contributed by atoms with Gasteiger partial charge >= 0.3 is 0 Å². The molecule has 0 aliphatic heterocycles. The molecule has 0 atom stereocenters. The minimum Gasteiger partial charge on any atom is -0.385 e. The Morgan fingerprint density at radius 1 is 1.20 bits per heavy atom. The van der Waals surface area contributed by atoms with Gasteiger partial charge in [-0.2, -0.15) is 0 Å². The van der Waals surface area contributed by atoms with E-state index in [1.165, 1.54) is 0 Å².